The minimum Gasteiger partial charge on any atom is -0.398 e. The first-order valence-corrected chi connectivity index (χ1v) is 7.49. The van der Waals surface area contributed by atoms with E-state index in [1.807, 2.05) is 7.05 Å². The van der Waals surface area contributed by atoms with E-state index in [9.17, 15) is 0 Å². The van der Waals surface area contributed by atoms with Crippen LogP contribution in [0.1, 0.15) is 12.8 Å². The Hall–Kier alpha value is 0.0569. The standard InChI is InChI=1S/C9H24N2O2Si/c1-11-8-6-9(5-7-10)14(4,12-2)13-3/h9,11H,5-8,10H2,1-4H3. The lowest BCUT2D eigenvalue weighted by atomic mass is 10.2. The van der Waals surface area contributed by atoms with Crippen LogP contribution in [0.3, 0.4) is 0 Å². The largest absolute Gasteiger partial charge is 0.398 e. The predicted octanol–water partition coefficient (Wildman–Crippen LogP) is 0.680. The van der Waals surface area contributed by atoms with E-state index in [4.69, 9.17) is 14.6 Å². The van der Waals surface area contributed by atoms with Crippen LogP contribution < -0.4 is 11.1 Å². The maximum Gasteiger partial charge on any atom is 0.337 e. The molecule has 5 heteroatoms. The third kappa shape index (κ3) is 4.06. The minimum absolute atomic E-state index is 0.468. The molecule has 0 aromatic carbocycles. The summed E-state index contributed by atoms with van der Waals surface area (Å²) in [6.45, 7) is 3.78. The molecule has 14 heavy (non-hydrogen) atoms. The van der Waals surface area contributed by atoms with Gasteiger partial charge in [0.05, 0.1) is 0 Å². The Bertz CT molecular complexity index is 143. The highest BCUT2D eigenvalue weighted by molar-refractivity contribution is 6.67. The first-order valence-electron chi connectivity index (χ1n) is 5.09. The molecule has 3 N–H and O–H groups in total. The molecular weight excluding hydrogens is 196 g/mol. The Morgan fingerprint density at radius 2 is 1.86 bits per heavy atom. The van der Waals surface area contributed by atoms with Gasteiger partial charge in [-0.05, 0) is 39.5 Å². The van der Waals surface area contributed by atoms with Crippen molar-refractivity contribution in [3.05, 3.63) is 0 Å². The molecule has 0 aliphatic heterocycles. The first kappa shape index (κ1) is 14.1. The van der Waals surface area contributed by atoms with Crippen molar-refractivity contribution in [1.29, 1.82) is 0 Å². The van der Waals surface area contributed by atoms with Crippen LogP contribution in [-0.2, 0) is 8.85 Å². The van der Waals surface area contributed by atoms with Crippen LogP contribution >= 0.6 is 0 Å². The van der Waals surface area contributed by atoms with Gasteiger partial charge in [0, 0.05) is 19.8 Å². The van der Waals surface area contributed by atoms with Gasteiger partial charge in [0.25, 0.3) is 0 Å². The number of nitrogens with one attached hydrogen (secondary N) is 1. The van der Waals surface area contributed by atoms with Gasteiger partial charge < -0.3 is 19.9 Å². The zero-order chi connectivity index (χ0) is 11.0. The highest BCUT2D eigenvalue weighted by atomic mass is 28.4. The van der Waals surface area contributed by atoms with Crippen molar-refractivity contribution >= 4 is 8.56 Å². The molecule has 0 heterocycles. The summed E-state index contributed by atoms with van der Waals surface area (Å²) < 4.78 is 11.1. The monoisotopic (exact) mass is 220 g/mol. The Morgan fingerprint density at radius 1 is 1.29 bits per heavy atom. The van der Waals surface area contributed by atoms with Gasteiger partial charge in [0.2, 0.25) is 0 Å². The predicted molar refractivity (Wildman–Crippen MR) is 61.6 cm³/mol. The second kappa shape index (κ2) is 7.36. The lowest BCUT2D eigenvalue weighted by molar-refractivity contribution is 0.231. The fourth-order valence-electron chi connectivity index (χ4n) is 1.61. The van der Waals surface area contributed by atoms with Crippen LogP contribution in [0, 0.1) is 0 Å². The van der Waals surface area contributed by atoms with E-state index < -0.39 is 8.56 Å². The van der Waals surface area contributed by atoms with Crippen molar-refractivity contribution in [2.75, 3.05) is 34.4 Å². The van der Waals surface area contributed by atoms with Crippen LogP contribution in [0.25, 0.3) is 0 Å². The summed E-state index contributed by atoms with van der Waals surface area (Å²) in [4.78, 5) is 0. The molecule has 0 amide bonds. The average Bonchev–Trinajstić information content (AvgIpc) is 2.23. The van der Waals surface area contributed by atoms with E-state index in [1.165, 1.54) is 0 Å². The van der Waals surface area contributed by atoms with Gasteiger partial charge >= 0.3 is 8.56 Å². The second-order valence-corrected chi connectivity index (χ2v) is 7.26. The van der Waals surface area contributed by atoms with E-state index >= 15 is 0 Å². The third-order valence-corrected chi connectivity index (χ3v) is 6.49. The summed E-state index contributed by atoms with van der Waals surface area (Å²) in [5.41, 5.74) is 6.07. The van der Waals surface area contributed by atoms with Crippen molar-refractivity contribution in [1.82, 2.24) is 5.32 Å². The molecule has 0 saturated heterocycles. The number of hydrogen-bond acceptors (Lipinski definition) is 4. The van der Waals surface area contributed by atoms with Gasteiger partial charge in [-0.3, -0.25) is 0 Å². The maximum atomic E-state index is 5.60. The molecule has 0 aromatic rings. The molecule has 4 nitrogen and oxygen atoms in total. The average molecular weight is 220 g/mol. The quantitative estimate of drug-likeness (QED) is 0.591. The molecule has 0 saturated carbocycles. The summed E-state index contributed by atoms with van der Waals surface area (Å²) in [7, 11) is 3.42. The van der Waals surface area contributed by atoms with Crippen molar-refractivity contribution in [3.63, 3.8) is 0 Å². The summed E-state index contributed by atoms with van der Waals surface area (Å²) in [6.07, 6.45) is 2.05. The maximum absolute atomic E-state index is 5.60. The summed E-state index contributed by atoms with van der Waals surface area (Å²) in [5, 5.41) is 3.15. The highest BCUT2D eigenvalue weighted by Gasteiger charge is 2.38. The Kier molecular flexibility index (Phi) is 7.39. The molecule has 86 valence electrons. The van der Waals surface area contributed by atoms with Crippen molar-refractivity contribution in [3.8, 4) is 0 Å². The normalized spacial score (nSPS) is 14.4. The Labute approximate surface area is 88.4 Å². The van der Waals surface area contributed by atoms with Crippen LogP contribution in [0.2, 0.25) is 12.1 Å². The third-order valence-electron chi connectivity index (χ3n) is 2.81. The molecular formula is C9H24N2O2Si. The zero-order valence-electron chi connectivity index (χ0n) is 9.80. The number of nitrogens with two attached hydrogens (primary N) is 1. The molecule has 1 unspecified atom stereocenters. The molecule has 0 aromatic heterocycles. The summed E-state index contributed by atoms with van der Waals surface area (Å²) in [5.74, 6) is 0. The highest BCUT2D eigenvalue weighted by Crippen LogP contribution is 2.29. The fourth-order valence-corrected chi connectivity index (χ4v) is 3.80. The first-order chi connectivity index (χ1) is 6.64. The van der Waals surface area contributed by atoms with Gasteiger partial charge in [-0.2, -0.15) is 0 Å². The SMILES string of the molecule is CNCCC(CCN)[Si](C)(OC)OC. The minimum atomic E-state index is -2.00. The number of hydrogen-bond donors (Lipinski definition) is 2. The van der Waals surface area contributed by atoms with Crippen LogP contribution in [0.15, 0.2) is 0 Å². The Balaban J connectivity index is 4.27. The van der Waals surface area contributed by atoms with Gasteiger partial charge in [-0.15, -0.1) is 0 Å². The van der Waals surface area contributed by atoms with E-state index in [2.05, 4.69) is 11.9 Å². The van der Waals surface area contributed by atoms with Crippen molar-refractivity contribution in [2.45, 2.75) is 24.9 Å². The van der Waals surface area contributed by atoms with E-state index in [1.54, 1.807) is 14.2 Å². The van der Waals surface area contributed by atoms with Gasteiger partial charge in [-0.25, -0.2) is 0 Å². The van der Waals surface area contributed by atoms with Crippen LogP contribution in [-0.4, -0.2) is 42.9 Å². The summed E-state index contributed by atoms with van der Waals surface area (Å²) in [6, 6.07) is 0. The summed E-state index contributed by atoms with van der Waals surface area (Å²) >= 11 is 0. The van der Waals surface area contributed by atoms with Gasteiger partial charge in [-0.1, -0.05) is 0 Å². The van der Waals surface area contributed by atoms with E-state index in [0.717, 1.165) is 19.4 Å². The van der Waals surface area contributed by atoms with Crippen molar-refractivity contribution < 1.29 is 8.85 Å². The lowest BCUT2D eigenvalue weighted by Crippen LogP contribution is -2.43. The van der Waals surface area contributed by atoms with Gasteiger partial charge in [0.15, 0.2) is 0 Å². The second-order valence-electron chi connectivity index (χ2n) is 3.59. The molecule has 0 fully saturated rings. The topological polar surface area (TPSA) is 56.5 Å². The zero-order valence-corrected chi connectivity index (χ0v) is 10.8. The lowest BCUT2D eigenvalue weighted by Gasteiger charge is -2.31. The molecule has 0 aliphatic rings. The molecule has 0 bridgehead atoms. The smallest absolute Gasteiger partial charge is 0.337 e. The van der Waals surface area contributed by atoms with Crippen LogP contribution in [0.5, 0.6) is 0 Å². The van der Waals surface area contributed by atoms with E-state index in [-0.39, 0.29) is 0 Å². The van der Waals surface area contributed by atoms with E-state index in [0.29, 0.717) is 12.1 Å². The Morgan fingerprint density at radius 3 is 2.21 bits per heavy atom. The number of rotatable bonds is 8. The van der Waals surface area contributed by atoms with Gasteiger partial charge in [0.1, 0.15) is 0 Å². The molecule has 0 spiro atoms. The molecule has 0 rings (SSSR count). The van der Waals surface area contributed by atoms with Crippen LogP contribution in [0.4, 0.5) is 0 Å². The molecule has 0 aliphatic carbocycles. The fraction of sp³-hybridized carbons (Fsp3) is 1.00. The van der Waals surface area contributed by atoms with Crippen molar-refractivity contribution in [2.24, 2.45) is 5.73 Å². The molecule has 1 atom stereocenters. The molecule has 0 radical (unpaired) electrons.